The van der Waals surface area contributed by atoms with Crippen LogP contribution in [0.25, 0.3) is 10.9 Å². The van der Waals surface area contributed by atoms with Gasteiger partial charge in [-0.05, 0) is 19.1 Å². The van der Waals surface area contributed by atoms with Gasteiger partial charge in [0.25, 0.3) is 5.91 Å². The van der Waals surface area contributed by atoms with E-state index in [9.17, 15) is 4.79 Å². The summed E-state index contributed by atoms with van der Waals surface area (Å²) in [6.45, 7) is 1.83. The summed E-state index contributed by atoms with van der Waals surface area (Å²) in [5, 5.41) is 11.6. The number of aromatic nitrogens is 3. The quantitative estimate of drug-likeness (QED) is 0.500. The van der Waals surface area contributed by atoms with Crippen LogP contribution < -0.4 is 5.43 Å². The molecule has 3 aromatic rings. The molecule has 0 atom stereocenters. The third-order valence-electron chi connectivity index (χ3n) is 2.93. The number of carbonyl (C=O) groups is 1. The molecule has 6 heteroatoms. The molecular weight excluding hydrogens is 254 g/mol. The lowest BCUT2D eigenvalue weighted by Gasteiger charge is -1.94. The normalized spacial score (nSPS) is 11.2. The van der Waals surface area contributed by atoms with Gasteiger partial charge in [0.05, 0.1) is 6.21 Å². The molecule has 2 aromatic heterocycles. The van der Waals surface area contributed by atoms with Crippen LogP contribution in [0.2, 0.25) is 0 Å². The van der Waals surface area contributed by atoms with Gasteiger partial charge in [-0.25, -0.2) is 5.43 Å². The van der Waals surface area contributed by atoms with Crippen molar-refractivity contribution >= 4 is 23.0 Å². The minimum atomic E-state index is -0.342. The molecule has 0 saturated carbocycles. The highest BCUT2D eigenvalue weighted by Gasteiger charge is 2.07. The highest BCUT2D eigenvalue weighted by molar-refractivity contribution is 5.99. The molecule has 0 saturated heterocycles. The number of nitrogens with one attached hydrogen (secondary N) is 3. The predicted molar refractivity (Wildman–Crippen MR) is 76.7 cm³/mol. The van der Waals surface area contributed by atoms with E-state index in [2.05, 4.69) is 25.7 Å². The number of amides is 1. The number of H-pyrrole nitrogens is 2. The highest BCUT2D eigenvalue weighted by Crippen LogP contribution is 2.15. The van der Waals surface area contributed by atoms with Gasteiger partial charge in [0.1, 0.15) is 0 Å². The Kier molecular flexibility index (Phi) is 3.04. The standard InChI is InChI=1S/C14H13N5O/c1-9-6-13(18-17-9)14(20)19-16-8-10-7-15-12-5-3-2-4-11(10)12/h2-8,15H,1H3,(H,17,18)(H,19,20)/b16-8+. The van der Waals surface area contributed by atoms with Gasteiger partial charge in [0.2, 0.25) is 0 Å². The topological polar surface area (TPSA) is 85.9 Å². The maximum absolute atomic E-state index is 11.7. The number of para-hydroxylation sites is 1. The van der Waals surface area contributed by atoms with Crippen molar-refractivity contribution in [1.29, 1.82) is 0 Å². The third kappa shape index (κ3) is 2.31. The molecule has 1 amide bonds. The Hall–Kier alpha value is -2.89. The van der Waals surface area contributed by atoms with E-state index in [0.29, 0.717) is 5.69 Å². The van der Waals surface area contributed by atoms with E-state index in [1.807, 2.05) is 37.4 Å². The second-order valence-electron chi connectivity index (χ2n) is 4.42. The Morgan fingerprint density at radius 2 is 2.25 bits per heavy atom. The van der Waals surface area contributed by atoms with Gasteiger partial charge in [-0.2, -0.15) is 10.2 Å². The zero-order valence-corrected chi connectivity index (χ0v) is 10.8. The fourth-order valence-corrected chi connectivity index (χ4v) is 1.95. The number of hydrogen-bond donors (Lipinski definition) is 3. The monoisotopic (exact) mass is 267 g/mol. The van der Waals surface area contributed by atoms with Crippen molar-refractivity contribution in [3.63, 3.8) is 0 Å². The Labute approximate surface area is 114 Å². The number of fused-ring (bicyclic) bond motifs is 1. The number of rotatable bonds is 3. The lowest BCUT2D eigenvalue weighted by molar-refractivity contribution is 0.0950. The van der Waals surface area contributed by atoms with Crippen molar-refractivity contribution in [2.24, 2.45) is 5.10 Å². The van der Waals surface area contributed by atoms with Crippen LogP contribution in [0.3, 0.4) is 0 Å². The van der Waals surface area contributed by atoms with Gasteiger partial charge in [0, 0.05) is 28.4 Å². The van der Waals surface area contributed by atoms with Gasteiger partial charge in [-0.3, -0.25) is 9.89 Å². The van der Waals surface area contributed by atoms with Crippen molar-refractivity contribution in [2.45, 2.75) is 6.92 Å². The fourth-order valence-electron chi connectivity index (χ4n) is 1.95. The van der Waals surface area contributed by atoms with Crippen LogP contribution in [0, 0.1) is 6.92 Å². The van der Waals surface area contributed by atoms with Crippen LogP contribution in [0.5, 0.6) is 0 Å². The van der Waals surface area contributed by atoms with Crippen LogP contribution in [0.4, 0.5) is 0 Å². The minimum absolute atomic E-state index is 0.318. The average molecular weight is 267 g/mol. The number of hydrogen-bond acceptors (Lipinski definition) is 3. The van der Waals surface area contributed by atoms with Gasteiger partial charge in [0.15, 0.2) is 5.69 Å². The number of nitrogens with zero attached hydrogens (tertiary/aromatic N) is 2. The van der Waals surface area contributed by atoms with Crippen LogP contribution >= 0.6 is 0 Å². The minimum Gasteiger partial charge on any atom is -0.361 e. The SMILES string of the molecule is Cc1cc(C(=O)N/N=C/c2c[nH]c3ccccc23)n[nH]1. The van der Waals surface area contributed by atoms with Crippen molar-refractivity contribution in [3.8, 4) is 0 Å². The molecule has 0 aliphatic rings. The molecule has 20 heavy (non-hydrogen) atoms. The first kappa shape index (κ1) is 12.2. The zero-order chi connectivity index (χ0) is 13.9. The lowest BCUT2D eigenvalue weighted by atomic mass is 10.2. The molecule has 0 bridgehead atoms. The molecule has 0 fully saturated rings. The summed E-state index contributed by atoms with van der Waals surface area (Å²) in [6.07, 6.45) is 3.45. The van der Waals surface area contributed by atoms with Gasteiger partial charge in [-0.15, -0.1) is 0 Å². The first-order valence-corrected chi connectivity index (χ1v) is 6.15. The van der Waals surface area contributed by atoms with E-state index in [1.165, 1.54) is 0 Å². The number of aryl methyl sites for hydroxylation is 1. The molecule has 6 nitrogen and oxygen atoms in total. The van der Waals surface area contributed by atoms with Crippen LogP contribution in [-0.2, 0) is 0 Å². The number of hydrazone groups is 1. The molecule has 0 unspecified atom stereocenters. The molecule has 3 N–H and O–H groups in total. The second kappa shape index (κ2) is 5.00. The van der Waals surface area contributed by atoms with Crippen molar-refractivity contribution in [2.75, 3.05) is 0 Å². The molecule has 0 radical (unpaired) electrons. The summed E-state index contributed by atoms with van der Waals surface area (Å²) in [4.78, 5) is 14.9. The molecule has 100 valence electrons. The molecule has 0 spiro atoms. The molecule has 0 aliphatic heterocycles. The maximum Gasteiger partial charge on any atom is 0.291 e. The molecule has 2 heterocycles. The largest absolute Gasteiger partial charge is 0.361 e. The summed E-state index contributed by atoms with van der Waals surface area (Å²) >= 11 is 0. The first-order valence-electron chi connectivity index (χ1n) is 6.15. The number of aromatic amines is 2. The van der Waals surface area contributed by atoms with E-state index in [-0.39, 0.29) is 5.91 Å². The van der Waals surface area contributed by atoms with Crippen molar-refractivity contribution < 1.29 is 4.79 Å². The van der Waals surface area contributed by atoms with Crippen LogP contribution in [0.1, 0.15) is 21.7 Å². The van der Waals surface area contributed by atoms with Crippen LogP contribution in [-0.4, -0.2) is 27.3 Å². The van der Waals surface area contributed by atoms with Crippen LogP contribution in [0.15, 0.2) is 41.6 Å². The highest BCUT2D eigenvalue weighted by atomic mass is 16.2. The lowest BCUT2D eigenvalue weighted by Crippen LogP contribution is -2.17. The molecular formula is C14H13N5O. The number of benzene rings is 1. The van der Waals surface area contributed by atoms with Gasteiger partial charge < -0.3 is 4.98 Å². The van der Waals surface area contributed by atoms with E-state index in [4.69, 9.17) is 0 Å². The summed E-state index contributed by atoms with van der Waals surface area (Å²) < 4.78 is 0. The Balaban J connectivity index is 1.73. The fraction of sp³-hybridized carbons (Fsp3) is 0.0714. The average Bonchev–Trinajstić information content (AvgIpc) is 3.06. The first-order chi connectivity index (χ1) is 9.74. The maximum atomic E-state index is 11.7. The van der Waals surface area contributed by atoms with Crippen molar-refractivity contribution in [3.05, 3.63) is 53.5 Å². The van der Waals surface area contributed by atoms with E-state index >= 15 is 0 Å². The smallest absolute Gasteiger partial charge is 0.291 e. The van der Waals surface area contributed by atoms with Gasteiger partial charge in [-0.1, -0.05) is 18.2 Å². The Morgan fingerprint density at radius 1 is 1.40 bits per heavy atom. The molecule has 0 aliphatic carbocycles. The Bertz CT molecular complexity index is 784. The zero-order valence-electron chi connectivity index (χ0n) is 10.8. The van der Waals surface area contributed by atoms with E-state index in [0.717, 1.165) is 22.2 Å². The molecule has 1 aromatic carbocycles. The van der Waals surface area contributed by atoms with E-state index < -0.39 is 0 Å². The third-order valence-corrected chi connectivity index (χ3v) is 2.93. The van der Waals surface area contributed by atoms with Crippen molar-refractivity contribution in [1.82, 2.24) is 20.6 Å². The predicted octanol–water partition coefficient (Wildman–Crippen LogP) is 1.96. The Morgan fingerprint density at radius 3 is 3.05 bits per heavy atom. The number of carbonyl (C=O) groups excluding carboxylic acids is 1. The van der Waals surface area contributed by atoms with Gasteiger partial charge >= 0.3 is 0 Å². The summed E-state index contributed by atoms with van der Waals surface area (Å²) in [6, 6.07) is 9.56. The summed E-state index contributed by atoms with van der Waals surface area (Å²) in [7, 11) is 0. The summed E-state index contributed by atoms with van der Waals surface area (Å²) in [5.41, 5.74) is 5.54. The second-order valence-corrected chi connectivity index (χ2v) is 4.42. The van der Waals surface area contributed by atoms with E-state index in [1.54, 1.807) is 12.3 Å². The summed E-state index contributed by atoms with van der Waals surface area (Å²) in [5.74, 6) is -0.342. The molecule has 3 rings (SSSR count).